The number of benzene rings is 1. The van der Waals surface area contributed by atoms with Crippen molar-refractivity contribution in [3.8, 4) is 5.75 Å². The number of hydrogen-bond acceptors (Lipinski definition) is 5. The van der Waals surface area contributed by atoms with Crippen LogP contribution in [0, 0.1) is 35.0 Å². The Balaban J connectivity index is 1.71. The highest BCUT2D eigenvalue weighted by atomic mass is 28.4. The van der Waals surface area contributed by atoms with Crippen LogP contribution in [0.15, 0.2) is 59.2 Å². The van der Waals surface area contributed by atoms with Crippen molar-refractivity contribution >= 4 is 34.2 Å². The Kier molecular flexibility index (Phi) is 14.6. The maximum atomic E-state index is 15.3. The van der Waals surface area contributed by atoms with E-state index in [0.29, 0.717) is 35.4 Å². The number of rotatable bonds is 14. The van der Waals surface area contributed by atoms with Gasteiger partial charge in [-0.2, -0.15) is 0 Å². The van der Waals surface area contributed by atoms with E-state index in [4.69, 9.17) is 9.16 Å². The number of Topliss-reactive ketones (excluding diaryl/α,β-unsaturated/α-hetero) is 1. The Morgan fingerprint density at radius 1 is 0.982 bits per heavy atom. The third-order valence-corrected chi connectivity index (χ3v) is 21.3. The minimum atomic E-state index is -2.13. The molecule has 1 aromatic rings. The van der Waals surface area contributed by atoms with E-state index in [1.54, 1.807) is 0 Å². The summed E-state index contributed by atoms with van der Waals surface area (Å²) in [6.07, 6.45) is 9.99. The molecule has 0 aromatic heterocycles. The lowest BCUT2D eigenvalue weighted by molar-refractivity contribution is -0.141. The molecule has 1 unspecified atom stereocenters. The van der Waals surface area contributed by atoms with E-state index in [1.807, 2.05) is 6.92 Å². The van der Waals surface area contributed by atoms with Crippen molar-refractivity contribution in [2.75, 3.05) is 6.61 Å². The van der Waals surface area contributed by atoms with E-state index in [1.165, 1.54) is 10.5 Å². The van der Waals surface area contributed by atoms with Gasteiger partial charge >= 0.3 is 6.09 Å². The molecule has 306 valence electrons. The lowest BCUT2D eigenvalue weighted by Crippen LogP contribution is -2.50. The molecule has 2 fully saturated rings. The summed E-state index contributed by atoms with van der Waals surface area (Å²) >= 11 is 0. The summed E-state index contributed by atoms with van der Waals surface area (Å²) in [6, 6.07) is 8.59. The standard InChI is InChI=1S/C47H75NO5Si2/c1-16-33(8)25-35(10)42-36(11)29-47(12)28-34(9)17-22-41(47)43(42)44(49)40-27-38(48(45(40)50)46(51)52-23-24-54(13,14)15)26-37-18-20-39(21-19-37)53-55(30(2)3,31(4)5)32(6)7/h16,18-21,25,29-32,34,38,40-43H,17,22-24,26-28H2,1-15H3/b33-16+,35-25+/t34-,38+,40?,41+,42-,43+,47+/m1/s1. The number of amides is 2. The van der Waals surface area contributed by atoms with Crippen molar-refractivity contribution in [2.45, 2.75) is 164 Å². The normalized spacial score (nSPS) is 28.1. The summed E-state index contributed by atoms with van der Waals surface area (Å²) in [5, 5.41) is 0. The molecule has 1 aromatic carbocycles. The van der Waals surface area contributed by atoms with E-state index < -0.39 is 40.4 Å². The van der Waals surface area contributed by atoms with Crippen molar-refractivity contribution in [3.05, 3.63) is 64.8 Å². The lowest BCUT2D eigenvalue weighted by atomic mass is 9.51. The molecular formula is C47H75NO5Si2. The fourth-order valence-electron chi connectivity index (χ4n) is 11.0. The SMILES string of the molecule is C/C=C(C)/C=C(\C)[C@@H]1C(C)=C[C@]2(C)C[C@H](C)CC[C@H]2[C@@H]1C(=O)C1C[C@H](Cc2ccc(O[Si](C(C)C)(C(C)C)C(C)C)cc2)N(C(=O)OCC[Si](C)(C)C)C1=O. The van der Waals surface area contributed by atoms with E-state index in [9.17, 15) is 9.59 Å². The zero-order valence-electron chi connectivity index (χ0n) is 37.2. The topological polar surface area (TPSA) is 72.9 Å². The average molecular weight is 790 g/mol. The molecule has 0 radical (unpaired) electrons. The van der Waals surface area contributed by atoms with E-state index in [0.717, 1.165) is 47.8 Å². The van der Waals surface area contributed by atoms with Gasteiger partial charge in [0.1, 0.15) is 11.5 Å². The van der Waals surface area contributed by atoms with Gasteiger partial charge in [-0.15, -0.1) is 0 Å². The van der Waals surface area contributed by atoms with Crippen LogP contribution >= 0.6 is 0 Å². The van der Waals surface area contributed by atoms with Crippen LogP contribution in [0.4, 0.5) is 4.79 Å². The Morgan fingerprint density at radius 2 is 1.58 bits per heavy atom. The van der Waals surface area contributed by atoms with Crippen LogP contribution in [-0.2, 0) is 20.7 Å². The second-order valence-corrected chi connectivity index (χ2v) is 31.1. The van der Waals surface area contributed by atoms with Gasteiger partial charge in [-0.3, -0.25) is 9.59 Å². The number of hydrogen-bond donors (Lipinski definition) is 0. The molecule has 2 amide bonds. The molecule has 8 heteroatoms. The second-order valence-electron chi connectivity index (χ2n) is 20.1. The fraction of sp³-hybridized carbons (Fsp3) is 0.681. The summed E-state index contributed by atoms with van der Waals surface area (Å²) in [7, 11) is -3.62. The molecule has 1 aliphatic heterocycles. The van der Waals surface area contributed by atoms with E-state index >= 15 is 4.79 Å². The summed E-state index contributed by atoms with van der Waals surface area (Å²) < 4.78 is 12.8. The Bertz CT molecular complexity index is 1610. The number of carbonyl (C=O) groups excluding carboxylic acids is 3. The first-order valence-corrected chi connectivity index (χ1v) is 27.2. The number of carbonyl (C=O) groups is 3. The van der Waals surface area contributed by atoms with Gasteiger partial charge in [-0.1, -0.05) is 129 Å². The Morgan fingerprint density at radius 3 is 2.13 bits per heavy atom. The highest BCUT2D eigenvalue weighted by Gasteiger charge is 2.56. The number of nitrogens with zero attached hydrogens (tertiary/aromatic N) is 1. The van der Waals surface area contributed by atoms with Gasteiger partial charge in [0.05, 0.1) is 12.5 Å². The van der Waals surface area contributed by atoms with Crippen LogP contribution < -0.4 is 4.43 Å². The minimum Gasteiger partial charge on any atom is -0.543 e. The highest BCUT2D eigenvalue weighted by Crippen LogP contribution is 2.57. The first-order chi connectivity index (χ1) is 25.6. The first kappa shape index (κ1) is 45.0. The van der Waals surface area contributed by atoms with Crippen LogP contribution in [-0.4, -0.2) is 51.7 Å². The minimum absolute atomic E-state index is 0.00242. The van der Waals surface area contributed by atoms with Crippen LogP contribution in [0.2, 0.25) is 42.3 Å². The van der Waals surface area contributed by atoms with Gasteiger partial charge in [0.15, 0.2) is 0 Å². The molecule has 1 saturated heterocycles. The van der Waals surface area contributed by atoms with Crippen LogP contribution in [0.5, 0.6) is 5.75 Å². The molecule has 0 bridgehead atoms. The zero-order valence-corrected chi connectivity index (χ0v) is 39.2. The second kappa shape index (κ2) is 17.8. The van der Waals surface area contributed by atoms with Gasteiger partial charge in [-0.25, -0.2) is 9.69 Å². The third kappa shape index (κ3) is 9.88. The Labute approximate surface area is 337 Å². The molecular weight excluding hydrogens is 715 g/mol. The number of allylic oxidation sites excluding steroid dienone is 6. The first-order valence-electron chi connectivity index (χ1n) is 21.4. The molecule has 1 saturated carbocycles. The van der Waals surface area contributed by atoms with Crippen molar-refractivity contribution in [1.29, 1.82) is 0 Å². The van der Waals surface area contributed by atoms with Crippen molar-refractivity contribution in [2.24, 2.45) is 35.0 Å². The molecule has 3 aliphatic rings. The van der Waals surface area contributed by atoms with Crippen LogP contribution in [0.1, 0.15) is 114 Å². The number of likely N-dealkylation sites (tertiary alicyclic amines) is 1. The molecule has 6 nitrogen and oxygen atoms in total. The van der Waals surface area contributed by atoms with Crippen LogP contribution in [0.25, 0.3) is 0 Å². The molecule has 4 rings (SSSR count). The van der Waals surface area contributed by atoms with Gasteiger partial charge < -0.3 is 9.16 Å². The molecule has 1 heterocycles. The van der Waals surface area contributed by atoms with Gasteiger partial charge in [0.2, 0.25) is 5.91 Å². The highest BCUT2D eigenvalue weighted by molar-refractivity contribution is 6.78. The fourth-order valence-corrected chi connectivity index (χ4v) is 16.9. The summed E-state index contributed by atoms with van der Waals surface area (Å²) in [4.78, 5) is 45.2. The van der Waals surface area contributed by atoms with Gasteiger partial charge in [0.25, 0.3) is 8.32 Å². The summed E-state index contributed by atoms with van der Waals surface area (Å²) in [6.45, 7) is 33.9. The molecule has 2 aliphatic carbocycles. The van der Waals surface area contributed by atoms with Crippen molar-refractivity contribution in [3.63, 3.8) is 0 Å². The monoisotopic (exact) mass is 790 g/mol. The smallest absolute Gasteiger partial charge is 0.416 e. The number of imide groups is 1. The number of ketones is 1. The summed E-state index contributed by atoms with van der Waals surface area (Å²) in [5.41, 5.74) is 5.80. The lowest BCUT2D eigenvalue weighted by Gasteiger charge is -2.52. The third-order valence-electron chi connectivity index (χ3n) is 13.6. The van der Waals surface area contributed by atoms with Gasteiger partial charge in [-0.05, 0) is 111 Å². The van der Waals surface area contributed by atoms with Crippen molar-refractivity contribution < 1.29 is 23.5 Å². The maximum Gasteiger partial charge on any atom is 0.416 e. The average Bonchev–Trinajstić information content (AvgIpc) is 3.40. The number of fused-ring (bicyclic) bond motifs is 1. The van der Waals surface area contributed by atoms with E-state index in [-0.39, 0.29) is 35.6 Å². The zero-order chi connectivity index (χ0) is 41.2. The van der Waals surface area contributed by atoms with Crippen LogP contribution in [0.3, 0.4) is 0 Å². The number of ether oxygens (including phenoxy) is 1. The quantitative estimate of drug-likeness (QED) is 0.0812. The van der Waals surface area contributed by atoms with Crippen molar-refractivity contribution in [1.82, 2.24) is 4.90 Å². The Hall–Kier alpha value is -2.72. The molecule has 0 spiro atoms. The maximum absolute atomic E-state index is 15.3. The van der Waals surface area contributed by atoms with E-state index in [2.05, 4.69) is 138 Å². The molecule has 0 N–H and O–H groups in total. The predicted molar refractivity (Wildman–Crippen MR) is 234 cm³/mol. The predicted octanol–water partition coefficient (Wildman–Crippen LogP) is 12.6. The molecule has 55 heavy (non-hydrogen) atoms. The molecule has 7 atom stereocenters. The summed E-state index contributed by atoms with van der Waals surface area (Å²) in [5.74, 6) is -0.0974. The largest absolute Gasteiger partial charge is 0.543 e. The van der Waals surface area contributed by atoms with Gasteiger partial charge in [0, 0.05) is 26.0 Å².